The molecule has 0 spiro atoms. The van der Waals surface area contributed by atoms with E-state index >= 15 is 0 Å². The summed E-state index contributed by atoms with van der Waals surface area (Å²) in [5.41, 5.74) is -0.377. The second-order valence-corrected chi connectivity index (χ2v) is 4.66. The topological polar surface area (TPSA) is 44.0 Å². The molecule has 0 aromatic rings. The molecule has 4 atom stereocenters. The summed E-state index contributed by atoms with van der Waals surface area (Å²) < 4.78 is 0. The fourth-order valence-corrected chi connectivity index (χ4v) is 3.36. The number of aliphatic hydroxyl groups excluding tert-OH is 1. The average molecular weight is 179 g/mol. The number of hydrogen-bond donors (Lipinski definition) is 1. The molecule has 0 heterocycles. The first-order valence-corrected chi connectivity index (χ1v) is 5.32. The largest absolute Gasteiger partial charge is 0.391 e. The van der Waals surface area contributed by atoms with Gasteiger partial charge in [0.05, 0.1) is 17.6 Å². The lowest BCUT2D eigenvalue weighted by Crippen LogP contribution is -2.38. The molecule has 0 radical (unpaired) electrons. The van der Waals surface area contributed by atoms with Gasteiger partial charge in [-0.3, -0.25) is 0 Å². The van der Waals surface area contributed by atoms with Crippen molar-refractivity contribution >= 4 is 0 Å². The SMILES string of the molecule is CCC(O)C1(C#N)CC2CCC1C2. The minimum absolute atomic E-state index is 0.377. The van der Waals surface area contributed by atoms with E-state index in [1.807, 2.05) is 6.92 Å². The monoisotopic (exact) mass is 179 g/mol. The Balaban J connectivity index is 2.23. The maximum absolute atomic E-state index is 9.91. The summed E-state index contributed by atoms with van der Waals surface area (Å²) in [7, 11) is 0. The molecule has 0 aromatic carbocycles. The lowest BCUT2D eigenvalue weighted by atomic mass is 9.69. The maximum Gasteiger partial charge on any atom is 0.0862 e. The predicted octanol–water partition coefficient (Wildman–Crippen LogP) is 2.09. The van der Waals surface area contributed by atoms with Crippen molar-refractivity contribution < 1.29 is 5.11 Å². The summed E-state index contributed by atoms with van der Waals surface area (Å²) >= 11 is 0. The Morgan fingerprint density at radius 1 is 1.62 bits per heavy atom. The quantitative estimate of drug-likeness (QED) is 0.705. The molecule has 1 N–H and O–H groups in total. The maximum atomic E-state index is 9.91. The minimum Gasteiger partial charge on any atom is -0.391 e. The molecule has 0 aromatic heterocycles. The van der Waals surface area contributed by atoms with Crippen LogP contribution in [0, 0.1) is 28.6 Å². The standard InChI is InChI=1S/C11H17NO/c1-2-10(13)11(7-12)6-8-3-4-9(11)5-8/h8-10,13H,2-6H2,1H3. The summed E-state index contributed by atoms with van der Waals surface area (Å²) in [6, 6.07) is 2.41. The molecule has 2 rings (SSSR count). The Kier molecular flexibility index (Phi) is 2.08. The fourth-order valence-electron chi connectivity index (χ4n) is 3.36. The lowest BCUT2D eigenvalue weighted by Gasteiger charge is -2.34. The van der Waals surface area contributed by atoms with E-state index in [1.165, 1.54) is 12.8 Å². The third-order valence-electron chi connectivity index (χ3n) is 4.09. The molecular weight excluding hydrogens is 162 g/mol. The third kappa shape index (κ3) is 1.10. The van der Waals surface area contributed by atoms with E-state index in [1.54, 1.807) is 0 Å². The molecule has 0 aliphatic heterocycles. The van der Waals surface area contributed by atoms with Crippen molar-refractivity contribution in [3.8, 4) is 6.07 Å². The van der Waals surface area contributed by atoms with Crippen LogP contribution in [0.25, 0.3) is 0 Å². The first kappa shape index (κ1) is 9.02. The first-order chi connectivity index (χ1) is 6.23. The summed E-state index contributed by atoms with van der Waals surface area (Å²) in [6.07, 6.45) is 4.90. The second kappa shape index (κ2) is 2.99. The van der Waals surface area contributed by atoms with Crippen LogP contribution < -0.4 is 0 Å². The second-order valence-electron chi connectivity index (χ2n) is 4.66. The van der Waals surface area contributed by atoms with E-state index in [4.69, 9.17) is 0 Å². The van der Waals surface area contributed by atoms with Gasteiger partial charge in [-0.15, -0.1) is 0 Å². The van der Waals surface area contributed by atoms with Crippen molar-refractivity contribution in [1.82, 2.24) is 0 Å². The number of aliphatic hydroxyl groups is 1. The highest BCUT2D eigenvalue weighted by molar-refractivity contribution is 5.14. The van der Waals surface area contributed by atoms with Crippen LogP contribution in [0.2, 0.25) is 0 Å². The van der Waals surface area contributed by atoms with Crippen LogP contribution in [0.3, 0.4) is 0 Å². The van der Waals surface area contributed by atoms with Crippen LogP contribution in [0.5, 0.6) is 0 Å². The molecule has 2 aliphatic rings. The number of hydrogen-bond acceptors (Lipinski definition) is 2. The molecule has 72 valence electrons. The van der Waals surface area contributed by atoms with Gasteiger partial charge in [-0.05, 0) is 37.5 Å². The summed E-state index contributed by atoms with van der Waals surface area (Å²) in [5, 5.41) is 19.1. The molecule has 2 bridgehead atoms. The highest BCUT2D eigenvalue weighted by Crippen LogP contribution is 2.57. The highest BCUT2D eigenvalue weighted by atomic mass is 16.3. The van der Waals surface area contributed by atoms with Gasteiger partial charge in [-0.1, -0.05) is 13.3 Å². The number of nitrogens with zero attached hydrogens (tertiary/aromatic N) is 1. The summed E-state index contributed by atoms with van der Waals surface area (Å²) in [5.74, 6) is 1.21. The fraction of sp³-hybridized carbons (Fsp3) is 0.909. The zero-order chi connectivity index (χ0) is 9.47. The Hall–Kier alpha value is -0.550. The minimum atomic E-state index is -0.396. The molecule has 2 aliphatic carbocycles. The van der Waals surface area contributed by atoms with E-state index in [2.05, 4.69) is 6.07 Å². The summed E-state index contributed by atoms with van der Waals surface area (Å²) in [6.45, 7) is 1.97. The van der Waals surface area contributed by atoms with Crippen molar-refractivity contribution in [2.45, 2.75) is 45.1 Å². The first-order valence-electron chi connectivity index (χ1n) is 5.32. The molecule has 2 heteroatoms. The number of nitriles is 1. The molecule has 2 nitrogen and oxygen atoms in total. The molecule has 13 heavy (non-hydrogen) atoms. The Labute approximate surface area is 79.6 Å². The van der Waals surface area contributed by atoms with Gasteiger partial charge in [-0.25, -0.2) is 0 Å². The molecule has 4 unspecified atom stereocenters. The molecule has 2 saturated carbocycles. The van der Waals surface area contributed by atoms with Gasteiger partial charge in [0.2, 0.25) is 0 Å². The van der Waals surface area contributed by atoms with Crippen molar-refractivity contribution in [2.24, 2.45) is 17.3 Å². The van der Waals surface area contributed by atoms with Gasteiger partial charge in [0.15, 0.2) is 0 Å². The molecule has 0 amide bonds. The smallest absolute Gasteiger partial charge is 0.0862 e. The van der Waals surface area contributed by atoms with Crippen LogP contribution in [0.4, 0.5) is 0 Å². The van der Waals surface area contributed by atoms with Gasteiger partial charge in [0, 0.05) is 0 Å². The van der Waals surface area contributed by atoms with Gasteiger partial charge in [-0.2, -0.15) is 5.26 Å². The van der Waals surface area contributed by atoms with Crippen molar-refractivity contribution in [2.75, 3.05) is 0 Å². The van der Waals surface area contributed by atoms with Gasteiger partial charge < -0.3 is 5.11 Å². The van der Waals surface area contributed by atoms with Crippen molar-refractivity contribution in [3.05, 3.63) is 0 Å². The Bertz CT molecular complexity index is 245. The van der Waals surface area contributed by atoms with E-state index in [-0.39, 0.29) is 5.41 Å². The highest BCUT2D eigenvalue weighted by Gasteiger charge is 2.54. The van der Waals surface area contributed by atoms with E-state index in [9.17, 15) is 10.4 Å². The third-order valence-corrected chi connectivity index (χ3v) is 4.09. The van der Waals surface area contributed by atoms with Gasteiger partial charge in [0.1, 0.15) is 0 Å². The lowest BCUT2D eigenvalue weighted by molar-refractivity contribution is 0.0223. The predicted molar refractivity (Wildman–Crippen MR) is 49.8 cm³/mol. The Morgan fingerprint density at radius 2 is 2.38 bits per heavy atom. The zero-order valence-electron chi connectivity index (χ0n) is 8.16. The van der Waals surface area contributed by atoms with Gasteiger partial charge in [0.25, 0.3) is 0 Å². The van der Waals surface area contributed by atoms with Gasteiger partial charge >= 0.3 is 0 Å². The van der Waals surface area contributed by atoms with Crippen LogP contribution in [0.15, 0.2) is 0 Å². The van der Waals surface area contributed by atoms with Crippen molar-refractivity contribution in [3.63, 3.8) is 0 Å². The number of fused-ring (bicyclic) bond motifs is 2. The van der Waals surface area contributed by atoms with Crippen LogP contribution in [0.1, 0.15) is 39.0 Å². The van der Waals surface area contributed by atoms with Crippen LogP contribution in [-0.4, -0.2) is 11.2 Å². The van der Waals surface area contributed by atoms with Crippen LogP contribution >= 0.6 is 0 Å². The molecule has 0 saturated heterocycles. The van der Waals surface area contributed by atoms with Crippen LogP contribution in [-0.2, 0) is 0 Å². The van der Waals surface area contributed by atoms with E-state index in [0.29, 0.717) is 5.92 Å². The zero-order valence-corrected chi connectivity index (χ0v) is 8.16. The van der Waals surface area contributed by atoms with E-state index < -0.39 is 6.10 Å². The summed E-state index contributed by atoms with van der Waals surface area (Å²) in [4.78, 5) is 0. The Morgan fingerprint density at radius 3 is 2.77 bits per heavy atom. The van der Waals surface area contributed by atoms with Crippen molar-refractivity contribution in [1.29, 1.82) is 5.26 Å². The average Bonchev–Trinajstić information content (AvgIpc) is 2.75. The normalized spacial score (nSPS) is 44.7. The number of rotatable bonds is 2. The molecule has 2 fully saturated rings. The molecular formula is C11H17NO. The van der Waals surface area contributed by atoms with E-state index in [0.717, 1.165) is 25.2 Å².